The summed E-state index contributed by atoms with van der Waals surface area (Å²) in [6, 6.07) is 3.58. The fourth-order valence-corrected chi connectivity index (χ4v) is 1.74. The molecule has 3 N–H and O–H groups in total. The van der Waals surface area contributed by atoms with Crippen LogP contribution in [0, 0.1) is 0 Å². The minimum Gasteiger partial charge on any atom is -0.381 e. The number of nitrogens with one attached hydrogen (secondary N) is 1. The lowest BCUT2D eigenvalue weighted by Gasteiger charge is -2.31. The van der Waals surface area contributed by atoms with Crippen molar-refractivity contribution in [3.05, 3.63) is 24.0 Å². The second-order valence-electron chi connectivity index (χ2n) is 4.17. The van der Waals surface area contributed by atoms with E-state index >= 15 is 0 Å². The highest BCUT2D eigenvalue weighted by Gasteiger charge is 2.35. The van der Waals surface area contributed by atoms with Crippen LogP contribution < -0.4 is 11.1 Å². The topological polar surface area (TPSA) is 90.1 Å². The molecule has 6 heteroatoms. The maximum atomic E-state index is 12.0. The molecule has 1 saturated heterocycles. The average molecular weight is 236 g/mol. The Bertz CT molecular complexity index is 376. The van der Waals surface area contributed by atoms with E-state index in [9.17, 15) is 4.79 Å². The monoisotopic (exact) mass is 236 g/mol. The van der Waals surface area contributed by atoms with Crippen LogP contribution in [0.5, 0.6) is 0 Å². The molecule has 0 saturated carbocycles. The minimum absolute atomic E-state index is 0.147. The lowest BCUT2D eigenvalue weighted by Crippen LogP contribution is -2.56. The Kier molecular flexibility index (Phi) is 3.65. The van der Waals surface area contributed by atoms with E-state index in [0.29, 0.717) is 32.6 Å². The first-order valence-corrected chi connectivity index (χ1v) is 5.62. The molecule has 1 aromatic heterocycles. The van der Waals surface area contributed by atoms with Gasteiger partial charge in [0, 0.05) is 19.4 Å². The van der Waals surface area contributed by atoms with Gasteiger partial charge in [0.1, 0.15) is 0 Å². The Balaban J connectivity index is 1.88. The normalized spacial score (nSPS) is 18.6. The first kappa shape index (κ1) is 11.9. The summed E-state index contributed by atoms with van der Waals surface area (Å²) < 4.78 is 5.20. The van der Waals surface area contributed by atoms with E-state index in [4.69, 9.17) is 10.5 Å². The summed E-state index contributed by atoms with van der Waals surface area (Å²) in [4.78, 5) is 12.0. The third-order valence-electron chi connectivity index (χ3n) is 2.89. The molecule has 1 amide bonds. The Morgan fingerprint density at radius 3 is 2.94 bits per heavy atom. The minimum atomic E-state index is -0.805. The van der Waals surface area contributed by atoms with Crippen LogP contribution in [0.15, 0.2) is 18.3 Å². The fraction of sp³-hybridized carbons (Fsp3) is 0.545. The van der Waals surface area contributed by atoms with E-state index in [1.54, 1.807) is 18.3 Å². The predicted octanol–water partition coefficient (Wildman–Crippen LogP) is -0.399. The molecule has 1 aliphatic heterocycles. The Morgan fingerprint density at radius 1 is 1.53 bits per heavy atom. The highest BCUT2D eigenvalue weighted by atomic mass is 16.5. The van der Waals surface area contributed by atoms with Gasteiger partial charge in [-0.3, -0.25) is 4.79 Å². The van der Waals surface area contributed by atoms with Crippen LogP contribution in [0.25, 0.3) is 0 Å². The quantitative estimate of drug-likeness (QED) is 0.745. The van der Waals surface area contributed by atoms with Crippen molar-refractivity contribution in [2.45, 2.75) is 24.9 Å². The number of nitrogens with two attached hydrogens (primary N) is 1. The summed E-state index contributed by atoms with van der Waals surface area (Å²) in [5.74, 6) is -0.147. The van der Waals surface area contributed by atoms with Gasteiger partial charge in [0.25, 0.3) is 0 Å². The van der Waals surface area contributed by atoms with Gasteiger partial charge in [0.15, 0.2) is 0 Å². The van der Waals surface area contributed by atoms with Crippen molar-refractivity contribution in [3.8, 4) is 0 Å². The van der Waals surface area contributed by atoms with Crippen molar-refractivity contribution >= 4 is 5.91 Å². The Hall–Kier alpha value is -1.53. The van der Waals surface area contributed by atoms with Crippen LogP contribution in [-0.4, -0.2) is 34.9 Å². The standard InChI is InChI=1S/C11H16N4O2/c12-11(3-6-17-7-4-11)10(16)13-8-9-2-1-5-14-15-9/h1-2,5H,3-4,6-8,12H2,(H,13,16). The lowest BCUT2D eigenvalue weighted by molar-refractivity contribution is -0.129. The number of rotatable bonds is 3. The van der Waals surface area contributed by atoms with Crippen LogP contribution in [0.2, 0.25) is 0 Å². The van der Waals surface area contributed by atoms with Crippen molar-refractivity contribution in [2.75, 3.05) is 13.2 Å². The Morgan fingerprint density at radius 2 is 2.29 bits per heavy atom. The summed E-state index contributed by atoms with van der Waals surface area (Å²) in [7, 11) is 0. The molecular formula is C11H16N4O2. The summed E-state index contributed by atoms with van der Waals surface area (Å²) in [6.07, 6.45) is 2.70. The van der Waals surface area contributed by atoms with E-state index in [0.717, 1.165) is 5.69 Å². The SMILES string of the molecule is NC1(C(=O)NCc2cccnn2)CCOCC1. The van der Waals surface area contributed by atoms with Gasteiger partial charge in [0.2, 0.25) is 5.91 Å². The number of ether oxygens (including phenoxy) is 1. The molecule has 0 unspecified atom stereocenters. The highest BCUT2D eigenvalue weighted by molar-refractivity contribution is 5.86. The zero-order chi connectivity index (χ0) is 12.1. The Labute approximate surface area is 99.6 Å². The van der Waals surface area contributed by atoms with Crippen molar-refractivity contribution < 1.29 is 9.53 Å². The van der Waals surface area contributed by atoms with Crippen molar-refractivity contribution in [2.24, 2.45) is 5.73 Å². The number of carbonyl (C=O) groups excluding carboxylic acids is 1. The molecular weight excluding hydrogens is 220 g/mol. The van der Waals surface area contributed by atoms with Crippen LogP contribution in [-0.2, 0) is 16.1 Å². The fourth-order valence-electron chi connectivity index (χ4n) is 1.74. The van der Waals surface area contributed by atoms with Crippen LogP contribution in [0.1, 0.15) is 18.5 Å². The van der Waals surface area contributed by atoms with Gasteiger partial charge in [-0.05, 0) is 25.0 Å². The van der Waals surface area contributed by atoms with Crippen LogP contribution >= 0.6 is 0 Å². The van der Waals surface area contributed by atoms with Crippen LogP contribution in [0.3, 0.4) is 0 Å². The van der Waals surface area contributed by atoms with E-state index in [1.807, 2.05) is 0 Å². The molecule has 17 heavy (non-hydrogen) atoms. The van der Waals surface area contributed by atoms with Gasteiger partial charge in [0.05, 0.1) is 17.8 Å². The van der Waals surface area contributed by atoms with Gasteiger partial charge in [-0.15, -0.1) is 0 Å². The molecule has 0 radical (unpaired) electrons. The van der Waals surface area contributed by atoms with E-state index < -0.39 is 5.54 Å². The first-order valence-electron chi connectivity index (χ1n) is 5.62. The van der Waals surface area contributed by atoms with E-state index in [-0.39, 0.29) is 5.91 Å². The number of nitrogens with zero attached hydrogens (tertiary/aromatic N) is 2. The van der Waals surface area contributed by atoms with E-state index in [2.05, 4.69) is 15.5 Å². The van der Waals surface area contributed by atoms with Gasteiger partial charge in [-0.25, -0.2) is 0 Å². The summed E-state index contributed by atoms with van der Waals surface area (Å²) >= 11 is 0. The third-order valence-corrected chi connectivity index (χ3v) is 2.89. The average Bonchev–Trinajstić information content (AvgIpc) is 2.38. The van der Waals surface area contributed by atoms with Gasteiger partial charge < -0.3 is 15.8 Å². The molecule has 1 aromatic rings. The first-order chi connectivity index (χ1) is 8.21. The predicted molar refractivity (Wildman–Crippen MR) is 60.9 cm³/mol. The molecule has 92 valence electrons. The molecule has 1 aliphatic rings. The van der Waals surface area contributed by atoms with Crippen LogP contribution in [0.4, 0.5) is 0 Å². The number of hydrogen-bond donors (Lipinski definition) is 2. The van der Waals surface area contributed by atoms with Gasteiger partial charge in [-0.2, -0.15) is 10.2 Å². The number of amides is 1. The van der Waals surface area contributed by atoms with Gasteiger partial charge >= 0.3 is 0 Å². The molecule has 1 fully saturated rings. The van der Waals surface area contributed by atoms with Crippen molar-refractivity contribution in [3.63, 3.8) is 0 Å². The maximum Gasteiger partial charge on any atom is 0.240 e. The highest BCUT2D eigenvalue weighted by Crippen LogP contribution is 2.17. The van der Waals surface area contributed by atoms with Crippen molar-refractivity contribution in [1.29, 1.82) is 0 Å². The zero-order valence-corrected chi connectivity index (χ0v) is 9.56. The number of aromatic nitrogens is 2. The largest absolute Gasteiger partial charge is 0.381 e. The molecule has 0 spiro atoms. The third kappa shape index (κ3) is 2.98. The summed E-state index contributed by atoms with van der Waals surface area (Å²) in [6.45, 7) is 1.43. The molecule has 2 heterocycles. The number of hydrogen-bond acceptors (Lipinski definition) is 5. The molecule has 0 bridgehead atoms. The smallest absolute Gasteiger partial charge is 0.240 e. The maximum absolute atomic E-state index is 12.0. The molecule has 0 aromatic carbocycles. The summed E-state index contributed by atoms with van der Waals surface area (Å²) in [5, 5.41) is 10.4. The molecule has 0 aliphatic carbocycles. The lowest BCUT2D eigenvalue weighted by atomic mass is 9.90. The van der Waals surface area contributed by atoms with Crippen molar-refractivity contribution in [1.82, 2.24) is 15.5 Å². The molecule has 2 rings (SSSR count). The zero-order valence-electron chi connectivity index (χ0n) is 9.56. The second-order valence-corrected chi connectivity index (χ2v) is 4.17. The number of carbonyl (C=O) groups is 1. The second kappa shape index (κ2) is 5.20. The molecule has 0 atom stereocenters. The molecule has 6 nitrogen and oxygen atoms in total. The van der Waals surface area contributed by atoms with E-state index in [1.165, 1.54) is 0 Å². The van der Waals surface area contributed by atoms with Gasteiger partial charge in [-0.1, -0.05) is 0 Å². The summed E-state index contributed by atoms with van der Waals surface area (Å²) in [5.41, 5.74) is 5.95.